The molecule has 0 saturated heterocycles. The Labute approximate surface area is 85.1 Å². The first-order valence-corrected chi connectivity index (χ1v) is 5.19. The summed E-state index contributed by atoms with van der Waals surface area (Å²) in [7, 11) is 3.28. The molecule has 2 radical (unpaired) electrons. The molecule has 0 atom stereocenters. The Bertz CT molecular complexity index is 284. The molecule has 0 saturated carbocycles. The third-order valence-corrected chi connectivity index (χ3v) is 2.53. The summed E-state index contributed by atoms with van der Waals surface area (Å²) in [6.07, 6.45) is 0. The van der Waals surface area contributed by atoms with E-state index in [0.717, 1.165) is 11.5 Å². The summed E-state index contributed by atoms with van der Waals surface area (Å²) in [5.74, 6) is 1.56. The molecular formula is C9H10O2Sn. The van der Waals surface area contributed by atoms with Crippen LogP contribution in [-0.4, -0.2) is 40.3 Å². The summed E-state index contributed by atoms with van der Waals surface area (Å²) < 4.78 is 12.4. The van der Waals surface area contributed by atoms with Crippen LogP contribution in [0.1, 0.15) is 5.56 Å². The first-order chi connectivity index (χ1) is 5.81. The fourth-order valence-corrected chi connectivity index (χ4v) is 1.46. The van der Waals surface area contributed by atoms with Crippen LogP contribution in [0, 0.1) is 0 Å². The van der Waals surface area contributed by atoms with Gasteiger partial charge in [-0.25, -0.2) is 0 Å². The van der Waals surface area contributed by atoms with E-state index in [9.17, 15) is 0 Å². The zero-order chi connectivity index (χ0) is 8.97. The van der Waals surface area contributed by atoms with Crippen LogP contribution in [-0.2, 0) is 0 Å². The summed E-state index contributed by atoms with van der Waals surface area (Å²) >= 11 is 1.38. The van der Waals surface area contributed by atoms with Crippen molar-refractivity contribution in [2.45, 2.75) is 0 Å². The maximum absolute atomic E-state index is 5.14. The predicted molar refractivity (Wildman–Crippen MR) is 50.5 cm³/mol. The molecule has 0 unspecified atom stereocenters. The van der Waals surface area contributed by atoms with E-state index in [-0.39, 0.29) is 0 Å². The zero-order valence-electron chi connectivity index (χ0n) is 7.13. The van der Waals surface area contributed by atoms with Crippen LogP contribution >= 0.6 is 0 Å². The monoisotopic (exact) mass is 270 g/mol. The van der Waals surface area contributed by atoms with E-state index in [1.807, 2.05) is 18.2 Å². The van der Waals surface area contributed by atoms with E-state index in [4.69, 9.17) is 9.47 Å². The van der Waals surface area contributed by atoms with Crippen molar-refractivity contribution in [3.8, 4) is 11.5 Å². The maximum atomic E-state index is 5.14. The van der Waals surface area contributed by atoms with E-state index in [2.05, 4.69) is 4.02 Å². The summed E-state index contributed by atoms with van der Waals surface area (Å²) in [6, 6.07) is 5.89. The van der Waals surface area contributed by atoms with Crippen LogP contribution in [0.5, 0.6) is 11.5 Å². The minimum atomic E-state index is 0.777. The Morgan fingerprint density at radius 2 is 1.83 bits per heavy atom. The molecule has 3 heteroatoms. The number of methoxy groups -OCH3 is 2. The Morgan fingerprint density at radius 3 is 2.33 bits per heavy atom. The Morgan fingerprint density at radius 1 is 1.17 bits per heavy atom. The Hall–Kier alpha value is -0.511. The molecule has 0 amide bonds. The second-order valence-electron chi connectivity index (χ2n) is 2.26. The average Bonchev–Trinajstić information content (AvgIpc) is 2.16. The van der Waals surface area contributed by atoms with Crippen molar-refractivity contribution < 1.29 is 9.47 Å². The standard InChI is InChI=1S/C9H10O2.Sn/c1-7-4-5-8(10-2)9(6-7)11-3;/h1,4-6H,2-3H3;. The second-order valence-corrected chi connectivity index (χ2v) is 3.08. The number of ether oxygens (including phenoxy) is 2. The minimum absolute atomic E-state index is 0.777. The van der Waals surface area contributed by atoms with Crippen molar-refractivity contribution in [2.24, 2.45) is 0 Å². The number of benzene rings is 1. The van der Waals surface area contributed by atoms with E-state index in [1.54, 1.807) is 14.2 Å². The van der Waals surface area contributed by atoms with Crippen LogP contribution in [0.3, 0.4) is 0 Å². The fraction of sp³-hybridized carbons (Fsp3) is 0.222. The van der Waals surface area contributed by atoms with Gasteiger partial charge in [0.15, 0.2) is 0 Å². The molecule has 0 bridgehead atoms. The van der Waals surface area contributed by atoms with Gasteiger partial charge in [0, 0.05) is 0 Å². The molecule has 0 N–H and O–H groups in total. The van der Waals surface area contributed by atoms with E-state index in [1.165, 1.54) is 27.6 Å². The van der Waals surface area contributed by atoms with Crippen molar-refractivity contribution in [2.75, 3.05) is 14.2 Å². The van der Waals surface area contributed by atoms with Crippen molar-refractivity contribution in [1.82, 2.24) is 0 Å². The van der Waals surface area contributed by atoms with Gasteiger partial charge < -0.3 is 0 Å². The van der Waals surface area contributed by atoms with E-state index in [0.29, 0.717) is 0 Å². The van der Waals surface area contributed by atoms with Crippen LogP contribution in [0.4, 0.5) is 0 Å². The second kappa shape index (κ2) is 4.50. The molecule has 0 aliphatic heterocycles. The average molecular weight is 269 g/mol. The van der Waals surface area contributed by atoms with Crippen molar-refractivity contribution >= 4 is 26.1 Å². The van der Waals surface area contributed by atoms with E-state index >= 15 is 0 Å². The molecule has 0 aromatic heterocycles. The van der Waals surface area contributed by atoms with E-state index < -0.39 is 0 Å². The molecule has 1 aromatic rings. The number of hydrogen-bond acceptors (Lipinski definition) is 2. The molecule has 1 rings (SSSR count). The van der Waals surface area contributed by atoms with Crippen LogP contribution in [0.15, 0.2) is 18.2 Å². The van der Waals surface area contributed by atoms with Crippen molar-refractivity contribution in [1.29, 1.82) is 0 Å². The van der Waals surface area contributed by atoms with Gasteiger partial charge in [-0.3, -0.25) is 0 Å². The quantitative estimate of drug-likeness (QED) is 0.763. The van der Waals surface area contributed by atoms with Crippen molar-refractivity contribution in [3.05, 3.63) is 23.8 Å². The van der Waals surface area contributed by atoms with Gasteiger partial charge >= 0.3 is 85.0 Å². The van der Waals surface area contributed by atoms with Gasteiger partial charge in [-0.15, -0.1) is 0 Å². The van der Waals surface area contributed by atoms with Gasteiger partial charge in [-0.1, -0.05) is 0 Å². The van der Waals surface area contributed by atoms with Gasteiger partial charge in [0.1, 0.15) is 0 Å². The topological polar surface area (TPSA) is 18.5 Å². The molecule has 1 aromatic carbocycles. The molecule has 0 spiro atoms. The Balaban J connectivity index is 3.10. The molecule has 62 valence electrons. The van der Waals surface area contributed by atoms with Crippen molar-refractivity contribution in [3.63, 3.8) is 0 Å². The third kappa shape index (κ3) is 2.00. The van der Waals surface area contributed by atoms with Gasteiger partial charge in [0.2, 0.25) is 0 Å². The Kier molecular flexibility index (Phi) is 3.59. The predicted octanol–water partition coefficient (Wildman–Crippen LogP) is 1.02. The van der Waals surface area contributed by atoms with Gasteiger partial charge in [0.25, 0.3) is 0 Å². The fourth-order valence-electron chi connectivity index (χ4n) is 0.943. The number of rotatable bonds is 3. The summed E-state index contributed by atoms with van der Waals surface area (Å²) in [5.41, 5.74) is 1.17. The van der Waals surface area contributed by atoms with Gasteiger partial charge in [-0.2, -0.15) is 0 Å². The van der Waals surface area contributed by atoms with Crippen LogP contribution in [0.2, 0.25) is 0 Å². The SMILES string of the molecule is COc1ccc([CH]=[Sn])cc1OC. The molecule has 0 heterocycles. The normalized spacial score (nSPS) is 9.17. The number of hydrogen-bond donors (Lipinski definition) is 0. The first-order valence-electron chi connectivity index (χ1n) is 3.54. The van der Waals surface area contributed by atoms with Crippen LogP contribution < -0.4 is 9.47 Å². The summed E-state index contributed by atoms with van der Waals surface area (Å²) in [4.78, 5) is 0. The first kappa shape index (κ1) is 9.58. The van der Waals surface area contributed by atoms with Crippen LogP contribution in [0.25, 0.3) is 0 Å². The third-order valence-electron chi connectivity index (χ3n) is 1.57. The molecule has 0 fully saturated rings. The molecule has 0 aliphatic carbocycles. The summed E-state index contributed by atoms with van der Waals surface area (Å²) in [6.45, 7) is 0. The molecule has 0 aliphatic rings. The summed E-state index contributed by atoms with van der Waals surface area (Å²) in [5, 5.41) is 0. The van der Waals surface area contributed by atoms with Gasteiger partial charge in [0.05, 0.1) is 0 Å². The molecular weight excluding hydrogens is 259 g/mol. The molecule has 2 nitrogen and oxygen atoms in total. The van der Waals surface area contributed by atoms with Gasteiger partial charge in [-0.05, 0) is 0 Å². The molecule has 12 heavy (non-hydrogen) atoms. The zero-order valence-corrected chi connectivity index (χ0v) is 9.98.